The highest BCUT2D eigenvalue weighted by Crippen LogP contribution is 2.31. The van der Waals surface area contributed by atoms with Crippen LogP contribution in [0.1, 0.15) is 22.2 Å². The van der Waals surface area contributed by atoms with E-state index in [4.69, 9.17) is 0 Å². The average molecular weight is 404 g/mol. The van der Waals surface area contributed by atoms with Gasteiger partial charge in [0.1, 0.15) is 17.0 Å². The van der Waals surface area contributed by atoms with E-state index in [1.807, 2.05) is 29.2 Å². The van der Waals surface area contributed by atoms with E-state index >= 15 is 0 Å². The molecule has 1 amide bonds. The van der Waals surface area contributed by atoms with Crippen molar-refractivity contribution < 1.29 is 4.79 Å². The summed E-state index contributed by atoms with van der Waals surface area (Å²) in [4.78, 5) is 28.6. The number of rotatable bonds is 3. The Balaban J connectivity index is 1.37. The first-order valence-electron chi connectivity index (χ1n) is 9.72. The lowest BCUT2D eigenvalue weighted by Gasteiger charge is -2.35. The van der Waals surface area contributed by atoms with Gasteiger partial charge < -0.3 is 9.80 Å². The molecule has 4 heterocycles. The van der Waals surface area contributed by atoms with Crippen molar-refractivity contribution in [1.82, 2.24) is 25.1 Å². The van der Waals surface area contributed by atoms with Crippen molar-refractivity contribution in [2.24, 2.45) is 0 Å². The van der Waals surface area contributed by atoms with Crippen molar-refractivity contribution in [2.75, 3.05) is 31.1 Å². The second-order valence-corrected chi connectivity index (χ2v) is 8.15. The molecule has 1 fully saturated rings. The van der Waals surface area contributed by atoms with Gasteiger partial charge in [-0.15, -0.1) is 11.3 Å². The zero-order valence-electron chi connectivity index (χ0n) is 16.1. The predicted molar refractivity (Wildman–Crippen MR) is 114 cm³/mol. The Labute approximate surface area is 172 Å². The molecule has 1 saturated heterocycles. The number of fused-ring (bicyclic) bond motifs is 2. The number of hydrogen-bond donors (Lipinski definition) is 0. The van der Waals surface area contributed by atoms with Gasteiger partial charge in [0.05, 0.1) is 22.7 Å². The molecule has 146 valence electrons. The minimum absolute atomic E-state index is 0.00684. The molecule has 0 unspecified atom stereocenters. The number of amides is 1. The lowest BCUT2D eigenvalue weighted by Crippen LogP contribution is -2.49. The molecule has 4 aromatic rings. The normalized spacial score (nSPS) is 14.7. The van der Waals surface area contributed by atoms with Crippen LogP contribution in [0.4, 0.5) is 5.82 Å². The molecule has 0 bridgehead atoms. The standard InChI is InChI=1S/C21H20N6OS/c1-2-14-11-16-19(22-13-23-20(16)29-14)26-7-9-27(10-8-26)21(28)17-12-24-25-18-6-4-3-5-15(17)18/h3-6,11-13H,2,7-10H2,1H3. The monoisotopic (exact) mass is 404 g/mol. The molecule has 0 saturated carbocycles. The summed E-state index contributed by atoms with van der Waals surface area (Å²) in [5, 5.41) is 10.1. The van der Waals surface area contributed by atoms with E-state index in [0.717, 1.165) is 46.4 Å². The van der Waals surface area contributed by atoms with Gasteiger partial charge in [0, 0.05) is 36.4 Å². The zero-order chi connectivity index (χ0) is 19.8. The highest BCUT2D eigenvalue weighted by Gasteiger charge is 2.25. The third-order valence-electron chi connectivity index (χ3n) is 5.35. The Hall–Kier alpha value is -3.13. The van der Waals surface area contributed by atoms with Crippen LogP contribution in [-0.4, -0.2) is 57.2 Å². The fourth-order valence-electron chi connectivity index (χ4n) is 3.79. The predicted octanol–water partition coefficient (Wildman–Crippen LogP) is 3.16. The second-order valence-electron chi connectivity index (χ2n) is 7.04. The van der Waals surface area contributed by atoms with Gasteiger partial charge in [-0.1, -0.05) is 25.1 Å². The van der Waals surface area contributed by atoms with Gasteiger partial charge in [-0.3, -0.25) is 4.79 Å². The Bertz CT molecular complexity index is 1190. The van der Waals surface area contributed by atoms with E-state index in [-0.39, 0.29) is 5.91 Å². The van der Waals surface area contributed by atoms with E-state index in [1.165, 1.54) is 4.88 Å². The number of carbonyl (C=O) groups is 1. The molecule has 0 N–H and O–H groups in total. The molecule has 0 radical (unpaired) electrons. The maximum Gasteiger partial charge on any atom is 0.256 e. The summed E-state index contributed by atoms with van der Waals surface area (Å²) >= 11 is 1.72. The summed E-state index contributed by atoms with van der Waals surface area (Å²) < 4.78 is 0. The second kappa shape index (κ2) is 7.36. The van der Waals surface area contributed by atoms with Crippen molar-refractivity contribution in [3.8, 4) is 0 Å². The number of piperazine rings is 1. The molecule has 1 aromatic carbocycles. The van der Waals surface area contributed by atoms with E-state index < -0.39 is 0 Å². The first-order valence-corrected chi connectivity index (χ1v) is 10.5. The summed E-state index contributed by atoms with van der Waals surface area (Å²) in [7, 11) is 0. The Morgan fingerprint density at radius 3 is 2.76 bits per heavy atom. The molecule has 8 heteroatoms. The molecule has 0 atom stereocenters. The highest BCUT2D eigenvalue weighted by atomic mass is 32.1. The summed E-state index contributed by atoms with van der Waals surface area (Å²) in [6.07, 6.45) is 4.21. The number of hydrogen-bond acceptors (Lipinski definition) is 7. The summed E-state index contributed by atoms with van der Waals surface area (Å²) in [6, 6.07) is 9.82. The van der Waals surface area contributed by atoms with Gasteiger partial charge in [0.2, 0.25) is 0 Å². The molecule has 5 rings (SSSR count). The van der Waals surface area contributed by atoms with Crippen LogP contribution in [0.3, 0.4) is 0 Å². The lowest BCUT2D eigenvalue weighted by molar-refractivity contribution is 0.0748. The van der Waals surface area contributed by atoms with Crippen LogP contribution in [0.5, 0.6) is 0 Å². The number of anilines is 1. The number of nitrogens with zero attached hydrogens (tertiary/aromatic N) is 6. The van der Waals surface area contributed by atoms with Gasteiger partial charge in [0.15, 0.2) is 0 Å². The number of carbonyl (C=O) groups excluding carboxylic acids is 1. The van der Waals surface area contributed by atoms with Crippen LogP contribution >= 0.6 is 11.3 Å². The molecule has 1 aliphatic rings. The topological polar surface area (TPSA) is 75.1 Å². The lowest BCUT2D eigenvalue weighted by atomic mass is 10.1. The van der Waals surface area contributed by atoms with Gasteiger partial charge in [-0.05, 0) is 18.6 Å². The maximum absolute atomic E-state index is 13.1. The number of benzene rings is 1. The Kier molecular flexibility index (Phi) is 4.55. The smallest absolute Gasteiger partial charge is 0.256 e. The average Bonchev–Trinajstić information content (AvgIpc) is 3.22. The van der Waals surface area contributed by atoms with E-state index in [1.54, 1.807) is 23.9 Å². The highest BCUT2D eigenvalue weighted by molar-refractivity contribution is 7.18. The van der Waals surface area contributed by atoms with E-state index in [9.17, 15) is 4.79 Å². The minimum Gasteiger partial charge on any atom is -0.352 e. The number of aromatic nitrogens is 4. The van der Waals surface area contributed by atoms with Crippen LogP contribution in [0.2, 0.25) is 0 Å². The van der Waals surface area contributed by atoms with E-state index in [2.05, 4.69) is 38.1 Å². The van der Waals surface area contributed by atoms with Crippen LogP contribution in [0.25, 0.3) is 21.1 Å². The fraction of sp³-hybridized carbons (Fsp3) is 0.286. The third kappa shape index (κ3) is 3.19. The third-order valence-corrected chi connectivity index (χ3v) is 6.54. The first kappa shape index (κ1) is 17.9. The number of thiophene rings is 1. The van der Waals surface area contributed by atoms with Crippen LogP contribution < -0.4 is 4.90 Å². The Morgan fingerprint density at radius 2 is 1.93 bits per heavy atom. The van der Waals surface area contributed by atoms with Gasteiger partial charge in [-0.25, -0.2) is 9.97 Å². The summed E-state index contributed by atoms with van der Waals surface area (Å²) in [5.41, 5.74) is 1.35. The molecular formula is C21H20N6OS. The van der Waals surface area contributed by atoms with Crippen molar-refractivity contribution in [1.29, 1.82) is 0 Å². The minimum atomic E-state index is 0.00684. The molecule has 0 spiro atoms. The van der Waals surface area contributed by atoms with E-state index in [0.29, 0.717) is 18.7 Å². The van der Waals surface area contributed by atoms with Gasteiger partial charge in [-0.2, -0.15) is 10.2 Å². The van der Waals surface area contributed by atoms with Crippen molar-refractivity contribution in [3.05, 3.63) is 53.3 Å². The quantitative estimate of drug-likeness (QED) is 0.522. The molecule has 1 aliphatic heterocycles. The van der Waals surface area contributed by atoms with Crippen LogP contribution in [-0.2, 0) is 6.42 Å². The number of aryl methyl sites for hydroxylation is 1. The molecule has 0 aliphatic carbocycles. The molecule has 3 aromatic heterocycles. The van der Waals surface area contributed by atoms with Crippen molar-refractivity contribution in [3.63, 3.8) is 0 Å². The van der Waals surface area contributed by atoms with Crippen molar-refractivity contribution in [2.45, 2.75) is 13.3 Å². The molecule has 7 nitrogen and oxygen atoms in total. The summed E-state index contributed by atoms with van der Waals surface area (Å²) in [6.45, 7) is 4.93. The fourth-order valence-corrected chi connectivity index (χ4v) is 4.72. The van der Waals surface area contributed by atoms with Crippen LogP contribution in [0.15, 0.2) is 42.9 Å². The Morgan fingerprint density at radius 1 is 1.10 bits per heavy atom. The maximum atomic E-state index is 13.1. The molecular weight excluding hydrogens is 384 g/mol. The zero-order valence-corrected chi connectivity index (χ0v) is 16.9. The van der Waals surface area contributed by atoms with Crippen molar-refractivity contribution >= 4 is 44.2 Å². The summed E-state index contributed by atoms with van der Waals surface area (Å²) in [5.74, 6) is 0.974. The first-order chi connectivity index (χ1) is 14.2. The SMILES string of the molecule is CCc1cc2c(N3CCN(C(=O)c4cnnc5ccccc45)CC3)ncnc2s1. The largest absolute Gasteiger partial charge is 0.352 e. The van der Waals surface area contributed by atoms with Gasteiger partial charge >= 0.3 is 0 Å². The van der Waals surface area contributed by atoms with Gasteiger partial charge in [0.25, 0.3) is 5.91 Å². The van der Waals surface area contributed by atoms with Crippen LogP contribution in [0, 0.1) is 0 Å². The molecule has 29 heavy (non-hydrogen) atoms.